The predicted molar refractivity (Wildman–Crippen MR) is 112 cm³/mol. The molecule has 1 N–H and O–H groups in total. The van der Waals surface area contributed by atoms with Gasteiger partial charge in [0, 0.05) is 25.6 Å². The maximum Gasteiger partial charge on any atom is 0.417 e. The first kappa shape index (κ1) is 24.1. The monoisotopic (exact) mass is 478 g/mol. The number of carbonyl (C=O) groups excluding carboxylic acids is 1. The zero-order valence-electron chi connectivity index (χ0n) is 17.0. The third kappa shape index (κ3) is 6.02. The second-order valence-corrected chi connectivity index (χ2v) is 10.3. The molecule has 5 nitrogen and oxygen atoms in total. The van der Waals surface area contributed by atoms with Gasteiger partial charge in [-0.05, 0) is 63.1 Å². The van der Waals surface area contributed by atoms with Gasteiger partial charge in [-0.25, -0.2) is 8.42 Å². The number of rotatable bonds is 6. The molecule has 0 atom stereocenters. The van der Waals surface area contributed by atoms with E-state index in [9.17, 15) is 26.4 Å². The van der Waals surface area contributed by atoms with Gasteiger partial charge in [0.15, 0.2) is 0 Å². The molecule has 2 aliphatic rings. The van der Waals surface area contributed by atoms with Crippen LogP contribution in [0.25, 0.3) is 0 Å². The summed E-state index contributed by atoms with van der Waals surface area (Å²) >= 11 is 5.59. The number of piperidine rings is 1. The molecule has 0 saturated carbocycles. The highest BCUT2D eigenvalue weighted by atomic mass is 35.5. The van der Waals surface area contributed by atoms with E-state index in [0.29, 0.717) is 25.5 Å². The van der Waals surface area contributed by atoms with Crippen LogP contribution in [0.2, 0.25) is 5.02 Å². The van der Waals surface area contributed by atoms with Gasteiger partial charge in [-0.2, -0.15) is 17.5 Å². The highest BCUT2D eigenvalue weighted by molar-refractivity contribution is 7.89. The summed E-state index contributed by atoms with van der Waals surface area (Å²) in [6.45, 7) is 0.722. The van der Waals surface area contributed by atoms with Gasteiger partial charge in [-0.15, -0.1) is 0 Å². The van der Waals surface area contributed by atoms with Crippen molar-refractivity contribution in [2.45, 2.75) is 56.0 Å². The van der Waals surface area contributed by atoms with E-state index in [2.05, 4.69) is 11.4 Å². The van der Waals surface area contributed by atoms with Crippen LogP contribution in [0.5, 0.6) is 0 Å². The van der Waals surface area contributed by atoms with Crippen LogP contribution in [0.4, 0.5) is 13.2 Å². The molecule has 172 valence electrons. The summed E-state index contributed by atoms with van der Waals surface area (Å²) in [4.78, 5) is 12.0. The predicted octanol–water partition coefficient (Wildman–Crippen LogP) is 4.77. The van der Waals surface area contributed by atoms with Crippen LogP contribution in [0.3, 0.4) is 0 Å². The first-order valence-corrected chi connectivity index (χ1v) is 12.2. The average molecular weight is 479 g/mol. The maximum absolute atomic E-state index is 13.1. The molecule has 0 unspecified atom stereocenters. The number of carbonyl (C=O) groups is 1. The van der Waals surface area contributed by atoms with Crippen LogP contribution in [0.1, 0.15) is 50.5 Å². The summed E-state index contributed by atoms with van der Waals surface area (Å²) in [5.74, 6) is -0.401. The second-order valence-electron chi connectivity index (χ2n) is 7.97. The van der Waals surface area contributed by atoms with Gasteiger partial charge >= 0.3 is 6.18 Å². The number of nitrogens with zero attached hydrogens (tertiary/aromatic N) is 1. The molecule has 1 aromatic carbocycles. The van der Waals surface area contributed by atoms with E-state index in [1.165, 1.54) is 18.4 Å². The van der Waals surface area contributed by atoms with Crippen LogP contribution in [0.15, 0.2) is 34.7 Å². The van der Waals surface area contributed by atoms with Crippen LogP contribution in [-0.2, 0) is 21.0 Å². The molecule has 0 radical (unpaired) electrons. The van der Waals surface area contributed by atoms with Crippen LogP contribution < -0.4 is 5.32 Å². The van der Waals surface area contributed by atoms with Gasteiger partial charge in [0.1, 0.15) is 0 Å². The lowest BCUT2D eigenvalue weighted by molar-refractivity contribution is -0.137. The molecule has 3 rings (SSSR count). The van der Waals surface area contributed by atoms with Crippen molar-refractivity contribution in [3.63, 3.8) is 0 Å². The zero-order valence-corrected chi connectivity index (χ0v) is 18.6. The van der Waals surface area contributed by atoms with E-state index in [1.54, 1.807) is 0 Å². The van der Waals surface area contributed by atoms with E-state index in [0.717, 1.165) is 35.7 Å². The first-order chi connectivity index (χ1) is 14.6. The molecule has 1 amide bonds. The molecular weight excluding hydrogens is 453 g/mol. The number of hydrogen-bond donors (Lipinski definition) is 1. The first-order valence-electron chi connectivity index (χ1n) is 10.4. The molecule has 10 heteroatoms. The average Bonchev–Trinajstić information content (AvgIpc) is 2.74. The van der Waals surface area contributed by atoms with E-state index < -0.39 is 31.7 Å². The lowest BCUT2D eigenvalue weighted by Crippen LogP contribution is -2.43. The smallest absolute Gasteiger partial charge is 0.356 e. The molecule has 1 aliphatic carbocycles. The highest BCUT2D eigenvalue weighted by Gasteiger charge is 2.37. The Balaban J connectivity index is 1.56. The molecule has 0 aromatic heterocycles. The lowest BCUT2D eigenvalue weighted by atomic mass is 9.96. The van der Waals surface area contributed by atoms with Gasteiger partial charge in [0.2, 0.25) is 15.9 Å². The minimum absolute atomic E-state index is 0.0789. The Hall–Kier alpha value is -1.58. The van der Waals surface area contributed by atoms with Gasteiger partial charge in [0.05, 0.1) is 15.5 Å². The van der Waals surface area contributed by atoms with Crippen LogP contribution >= 0.6 is 11.6 Å². The summed E-state index contributed by atoms with van der Waals surface area (Å²) in [6.07, 6.45) is 3.54. The quantitative estimate of drug-likeness (QED) is 0.599. The fourth-order valence-electron chi connectivity index (χ4n) is 4.01. The SMILES string of the molecule is O=C(NCCC1=CCCCC1)C1CCN(S(=O)(=O)c2ccc(Cl)c(C(F)(F)F)c2)CC1. The van der Waals surface area contributed by atoms with E-state index in [1.807, 2.05) is 0 Å². The Bertz CT molecular complexity index is 940. The summed E-state index contributed by atoms with van der Waals surface area (Å²) in [5.41, 5.74) is 0.186. The standard InChI is InChI=1S/C21H26ClF3N2O3S/c22-19-7-6-17(14-18(19)21(23,24)25)31(29,30)27-12-9-16(10-13-27)20(28)26-11-8-15-4-2-1-3-5-15/h4,6-7,14,16H,1-3,5,8-13H2,(H,26,28). The number of amides is 1. The normalized spacial score (nSPS) is 19.2. The summed E-state index contributed by atoms with van der Waals surface area (Å²) in [5, 5.41) is 2.38. The third-order valence-corrected chi connectivity index (χ3v) is 8.06. The summed E-state index contributed by atoms with van der Waals surface area (Å²) in [6, 6.07) is 2.58. The summed E-state index contributed by atoms with van der Waals surface area (Å²) < 4.78 is 66.0. The minimum atomic E-state index is -4.75. The molecule has 31 heavy (non-hydrogen) atoms. The molecule has 1 aliphatic heterocycles. The van der Waals surface area contributed by atoms with Crippen molar-refractivity contribution in [1.29, 1.82) is 0 Å². The molecular formula is C21H26ClF3N2O3S. The van der Waals surface area contributed by atoms with Gasteiger partial charge < -0.3 is 5.32 Å². The molecule has 0 spiro atoms. The Morgan fingerprint density at radius 3 is 2.52 bits per heavy atom. The Morgan fingerprint density at radius 2 is 1.90 bits per heavy atom. The fraction of sp³-hybridized carbons (Fsp3) is 0.571. The molecule has 1 heterocycles. The van der Waals surface area contributed by atoms with Crippen molar-refractivity contribution in [3.8, 4) is 0 Å². The number of allylic oxidation sites excluding steroid dienone is 1. The van der Waals surface area contributed by atoms with E-state index in [4.69, 9.17) is 11.6 Å². The van der Waals surface area contributed by atoms with Gasteiger partial charge in [-0.1, -0.05) is 23.3 Å². The molecule has 0 bridgehead atoms. The fourth-order valence-corrected chi connectivity index (χ4v) is 5.73. The molecule has 1 fully saturated rings. The van der Waals surface area contributed by atoms with E-state index >= 15 is 0 Å². The second kappa shape index (κ2) is 9.92. The van der Waals surface area contributed by atoms with Crippen LogP contribution in [0, 0.1) is 5.92 Å². The van der Waals surface area contributed by atoms with Crippen molar-refractivity contribution in [3.05, 3.63) is 40.4 Å². The maximum atomic E-state index is 13.1. The topological polar surface area (TPSA) is 66.5 Å². The lowest BCUT2D eigenvalue weighted by Gasteiger charge is -2.30. The third-order valence-electron chi connectivity index (χ3n) is 5.84. The summed E-state index contributed by atoms with van der Waals surface area (Å²) in [7, 11) is -4.11. The molecule has 1 saturated heterocycles. The van der Waals surface area contributed by atoms with Gasteiger partial charge in [0.25, 0.3) is 0 Å². The largest absolute Gasteiger partial charge is 0.417 e. The molecule has 1 aromatic rings. The van der Waals surface area contributed by atoms with E-state index in [-0.39, 0.29) is 24.9 Å². The van der Waals surface area contributed by atoms with Gasteiger partial charge in [-0.3, -0.25) is 4.79 Å². The Morgan fingerprint density at radius 1 is 1.19 bits per heavy atom. The number of sulfonamides is 1. The number of alkyl halides is 3. The zero-order chi connectivity index (χ0) is 22.6. The van der Waals surface area contributed by atoms with Crippen molar-refractivity contribution in [1.82, 2.24) is 9.62 Å². The number of hydrogen-bond acceptors (Lipinski definition) is 3. The van der Waals surface area contributed by atoms with Crippen LogP contribution in [-0.4, -0.2) is 38.3 Å². The van der Waals surface area contributed by atoms with Crippen molar-refractivity contribution >= 4 is 27.5 Å². The van der Waals surface area contributed by atoms with Crippen molar-refractivity contribution < 1.29 is 26.4 Å². The Labute approximate surface area is 185 Å². The number of benzene rings is 1. The van der Waals surface area contributed by atoms with Crippen molar-refractivity contribution in [2.75, 3.05) is 19.6 Å². The Kier molecular flexibility index (Phi) is 7.70. The van der Waals surface area contributed by atoms with Crippen molar-refractivity contribution in [2.24, 2.45) is 5.92 Å². The highest BCUT2D eigenvalue weighted by Crippen LogP contribution is 2.36. The minimum Gasteiger partial charge on any atom is -0.356 e. The number of nitrogens with one attached hydrogen (secondary N) is 1. The number of halogens is 4.